The Balaban J connectivity index is 1.79. The standard InChI is InChI=1S/C22H36N2O4S/c1-5-28-12-6-11-23-22(25)20-9-7-19(8-10-20)15-24-29(26,27)21-17(3)13-16(2)14-18(21)4/h13-14,19-20,24H,5-12,15H2,1-4H3,(H,23,25). The van der Waals surface area contributed by atoms with Crippen LogP contribution in [0.4, 0.5) is 0 Å². The molecule has 1 fully saturated rings. The number of rotatable bonds is 10. The topological polar surface area (TPSA) is 84.5 Å². The summed E-state index contributed by atoms with van der Waals surface area (Å²) in [7, 11) is -3.53. The molecule has 0 aliphatic heterocycles. The minimum Gasteiger partial charge on any atom is -0.382 e. The van der Waals surface area contributed by atoms with Gasteiger partial charge in [-0.1, -0.05) is 17.7 Å². The lowest BCUT2D eigenvalue weighted by Crippen LogP contribution is -2.36. The summed E-state index contributed by atoms with van der Waals surface area (Å²) in [6.07, 6.45) is 4.18. The van der Waals surface area contributed by atoms with E-state index in [-0.39, 0.29) is 17.7 Å². The molecule has 7 heteroatoms. The van der Waals surface area contributed by atoms with Gasteiger partial charge in [-0.15, -0.1) is 0 Å². The van der Waals surface area contributed by atoms with Crippen molar-refractivity contribution in [2.24, 2.45) is 11.8 Å². The van der Waals surface area contributed by atoms with Crippen LogP contribution in [-0.4, -0.2) is 40.6 Å². The maximum absolute atomic E-state index is 12.8. The van der Waals surface area contributed by atoms with Crippen LogP contribution in [0.3, 0.4) is 0 Å². The second-order valence-electron chi connectivity index (χ2n) is 8.14. The number of sulfonamides is 1. The van der Waals surface area contributed by atoms with E-state index in [0.29, 0.717) is 31.2 Å². The maximum Gasteiger partial charge on any atom is 0.241 e. The first-order valence-corrected chi connectivity index (χ1v) is 12.2. The molecule has 1 aliphatic carbocycles. The lowest BCUT2D eigenvalue weighted by Gasteiger charge is -2.28. The average Bonchev–Trinajstić information content (AvgIpc) is 2.65. The van der Waals surface area contributed by atoms with E-state index < -0.39 is 10.0 Å². The van der Waals surface area contributed by atoms with Crippen LogP contribution in [0.2, 0.25) is 0 Å². The van der Waals surface area contributed by atoms with Crippen LogP contribution in [0.1, 0.15) is 55.7 Å². The summed E-state index contributed by atoms with van der Waals surface area (Å²) in [5.74, 6) is 0.431. The van der Waals surface area contributed by atoms with Gasteiger partial charge < -0.3 is 10.1 Å². The molecule has 1 saturated carbocycles. The normalized spacial score (nSPS) is 19.9. The van der Waals surface area contributed by atoms with E-state index in [0.717, 1.165) is 48.8 Å². The Morgan fingerprint density at radius 1 is 1.10 bits per heavy atom. The second kappa shape index (κ2) is 11.1. The summed E-state index contributed by atoms with van der Waals surface area (Å²) in [5, 5.41) is 2.99. The van der Waals surface area contributed by atoms with E-state index in [2.05, 4.69) is 10.0 Å². The highest BCUT2D eigenvalue weighted by Crippen LogP contribution is 2.29. The van der Waals surface area contributed by atoms with Crippen molar-refractivity contribution in [2.75, 3.05) is 26.3 Å². The third-order valence-corrected chi connectivity index (χ3v) is 7.35. The van der Waals surface area contributed by atoms with Crippen molar-refractivity contribution in [3.8, 4) is 0 Å². The molecule has 2 N–H and O–H groups in total. The first kappa shape index (κ1) is 23.8. The molecule has 0 heterocycles. The molecule has 0 atom stereocenters. The number of aryl methyl sites for hydroxylation is 3. The molecule has 1 aromatic rings. The third-order valence-electron chi connectivity index (χ3n) is 5.62. The van der Waals surface area contributed by atoms with Gasteiger partial charge in [0.15, 0.2) is 0 Å². The third kappa shape index (κ3) is 7.08. The number of benzene rings is 1. The van der Waals surface area contributed by atoms with E-state index >= 15 is 0 Å². The molecule has 29 heavy (non-hydrogen) atoms. The molecule has 164 valence electrons. The molecule has 2 rings (SSSR count). The summed E-state index contributed by atoms with van der Waals surface area (Å²) in [4.78, 5) is 12.7. The van der Waals surface area contributed by atoms with E-state index in [4.69, 9.17) is 4.74 Å². The molecule has 6 nitrogen and oxygen atoms in total. The highest BCUT2D eigenvalue weighted by Gasteiger charge is 2.28. The Morgan fingerprint density at radius 2 is 1.72 bits per heavy atom. The zero-order valence-electron chi connectivity index (χ0n) is 18.2. The lowest BCUT2D eigenvalue weighted by molar-refractivity contribution is -0.126. The molecular weight excluding hydrogens is 388 g/mol. The van der Waals surface area contributed by atoms with E-state index in [9.17, 15) is 13.2 Å². The Morgan fingerprint density at radius 3 is 2.31 bits per heavy atom. The number of hydrogen-bond acceptors (Lipinski definition) is 4. The number of amides is 1. The van der Waals surface area contributed by atoms with E-state index in [1.807, 2.05) is 39.8 Å². The van der Waals surface area contributed by atoms with Gasteiger partial charge >= 0.3 is 0 Å². The van der Waals surface area contributed by atoms with E-state index in [1.54, 1.807) is 0 Å². The number of carbonyl (C=O) groups is 1. The molecule has 1 aromatic carbocycles. The Labute approximate surface area is 175 Å². The van der Waals surface area contributed by atoms with Crippen molar-refractivity contribution in [3.05, 3.63) is 28.8 Å². The van der Waals surface area contributed by atoms with Gasteiger partial charge in [-0.3, -0.25) is 4.79 Å². The smallest absolute Gasteiger partial charge is 0.241 e. The summed E-state index contributed by atoms with van der Waals surface area (Å²) in [6, 6.07) is 3.81. The minimum absolute atomic E-state index is 0.0385. The van der Waals surface area contributed by atoms with Crippen LogP contribution in [0, 0.1) is 32.6 Å². The number of carbonyl (C=O) groups excluding carboxylic acids is 1. The van der Waals surface area contributed by atoms with Gasteiger partial charge in [0.2, 0.25) is 15.9 Å². The molecule has 1 amide bonds. The first-order chi connectivity index (χ1) is 13.7. The zero-order chi connectivity index (χ0) is 21.4. The number of ether oxygens (including phenoxy) is 1. The average molecular weight is 425 g/mol. The summed E-state index contributed by atoms with van der Waals surface area (Å²) in [6.45, 7) is 10.1. The highest BCUT2D eigenvalue weighted by molar-refractivity contribution is 7.89. The Hall–Kier alpha value is -1.44. The van der Waals surface area contributed by atoms with Crippen LogP contribution in [0.15, 0.2) is 17.0 Å². The van der Waals surface area contributed by atoms with Crippen LogP contribution in [0.25, 0.3) is 0 Å². The first-order valence-electron chi connectivity index (χ1n) is 10.7. The maximum atomic E-state index is 12.8. The number of hydrogen-bond donors (Lipinski definition) is 2. The van der Waals surface area contributed by atoms with Crippen molar-refractivity contribution in [3.63, 3.8) is 0 Å². The van der Waals surface area contributed by atoms with Gasteiger partial charge in [0.05, 0.1) is 4.90 Å². The molecule has 1 aliphatic rings. The van der Waals surface area contributed by atoms with Gasteiger partial charge in [-0.2, -0.15) is 0 Å². The summed E-state index contributed by atoms with van der Waals surface area (Å²) in [5.41, 5.74) is 2.62. The lowest BCUT2D eigenvalue weighted by atomic mass is 9.81. The van der Waals surface area contributed by atoms with Crippen LogP contribution in [-0.2, 0) is 19.6 Å². The quantitative estimate of drug-likeness (QED) is 0.565. The van der Waals surface area contributed by atoms with Crippen molar-refractivity contribution in [1.82, 2.24) is 10.0 Å². The summed E-state index contributed by atoms with van der Waals surface area (Å²) >= 11 is 0. The van der Waals surface area contributed by atoms with Crippen molar-refractivity contribution in [1.29, 1.82) is 0 Å². The van der Waals surface area contributed by atoms with Gasteiger partial charge in [-0.05, 0) is 76.8 Å². The Kier molecular flexibility index (Phi) is 9.11. The monoisotopic (exact) mass is 424 g/mol. The van der Waals surface area contributed by atoms with Crippen molar-refractivity contribution >= 4 is 15.9 Å². The fraction of sp³-hybridized carbons (Fsp3) is 0.682. The molecular formula is C22H36N2O4S. The van der Waals surface area contributed by atoms with E-state index in [1.165, 1.54) is 0 Å². The van der Waals surface area contributed by atoms with Crippen molar-refractivity contribution in [2.45, 2.75) is 64.7 Å². The molecule has 0 bridgehead atoms. The molecule has 0 unspecified atom stereocenters. The zero-order valence-corrected chi connectivity index (χ0v) is 19.0. The van der Waals surface area contributed by atoms with Crippen molar-refractivity contribution < 1.29 is 17.9 Å². The largest absolute Gasteiger partial charge is 0.382 e. The highest BCUT2D eigenvalue weighted by atomic mass is 32.2. The SMILES string of the molecule is CCOCCCNC(=O)C1CCC(CNS(=O)(=O)c2c(C)cc(C)cc2C)CC1. The van der Waals surface area contributed by atoms with Gasteiger partial charge in [0, 0.05) is 32.2 Å². The summed E-state index contributed by atoms with van der Waals surface area (Å²) < 4.78 is 33.7. The fourth-order valence-electron chi connectivity index (χ4n) is 4.19. The van der Waals surface area contributed by atoms with Gasteiger partial charge in [-0.25, -0.2) is 13.1 Å². The Bertz CT molecular complexity index is 761. The molecule has 0 radical (unpaired) electrons. The predicted octanol–water partition coefficient (Wildman–Crippen LogP) is 3.24. The molecule has 0 aromatic heterocycles. The minimum atomic E-state index is -3.53. The molecule has 0 saturated heterocycles. The molecule has 0 spiro atoms. The van der Waals surface area contributed by atoms with Gasteiger partial charge in [0.1, 0.15) is 0 Å². The van der Waals surface area contributed by atoms with Crippen LogP contribution in [0.5, 0.6) is 0 Å². The van der Waals surface area contributed by atoms with Crippen LogP contribution >= 0.6 is 0 Å². The predicted molar refractivity (Wildman–Crippen MR) is 115 cm³/mol. The van der Waals surface area contributed by atoms with Gasteiger partial charge in [0.25, 0.3) is 0 Å². The second-order valence-corrected chi connectivity index (χ2v) is 9.84. The number of nitrogens with one attached hydrogen (secondary N) is 2. The van der Waals surface area contributed by atoms with Crippen LogP contribution < -0.4 is 10.0 Å². The fourth-order valence-corrected chi connectivity index (χ4v) is 5.76.